The molecule has 0 bridgehead atoms. The Kier molecular flexibility index (Phi) is 9.48. The first-order chi connectivity index (χ1) is 20.7. The zero-order valence-electron chi connectivity index (χ0n) is 29.5. The van der Waals surface area contributed by atoms with E-state index >= 15 is 0 Å². The standard InChI is InChI=1S/C38H59NO6/c1-24(2)25-13-16-38(32(43)44-10)18-17-36(8)26(31(25)38)11-12-28-35(7,19-20-39)27(14-15-37(28,36)9)34(5,6)23-45-30(42)22-33(3,4)21-29(40)41/h25-28,31H,1,11-19,21-23H2,2-10H3,(H,40,41)/t25-,26?,27?,28?,31?,35-,36+,37+,38?/m0/s1. The van der Waals surface area contributed by atoms with Crippen molar-refractivity contribution in [3.63, 3.8) is 0 Å². The van der Waals surface area contributed by atoms with Gasteiger partial charge in [0.1, 0.15) is 0 Å². The van der Waals surface area contributed by atoms with Crippen LogP contribution >= 0.6 is 0 Å². The molecule has 45 heavy (non-hydrogen) atoms. The lowest BCUT2D eigenvalue weighted by atomic mass is 9.33. The van der Waals surface area contributed by atoms with Gasteiger partial charge in [0.15, 0.2) is 0 Å². The maximum absolute atomic E-state index is 13.5. The van der Waals surface area contributed by atoms with Crippen LogP contribution in [-0.2, 0) is 23.9 Å². The van der Waals surface area contributed by atoms with Crippen LogP contribution in [0.3, 0.4) is 0 Å². The molecular formula is C38H59NO6. The van der Waals surface area contributed by atoms with Crippen LogP contribution < -0.4 is 0 Å². The van der Waals surface area contributed by atoms with Gasteiger partial charge in [-0.3, -0.25) is 14.4 Å². The van der Waals surface area contributed by atoms with E-state index in [1.165, 1.54) is 5.57 Å². The molecular weight excluding hydrogens is 566 g/mol. The zero-order chi connectivity index (χ0) is 33.8. The van der Waals surface area contributed by atoms with Crippen molar-refractivity contribution < 1.29 is 29.0 Å². The lowest BCUT2D eigenvalue weighted by Gasteiger charge is -2.71. The van der Waals surface area contributed by atoms with E-state index in [0.717, 1.165) is 51.4 Å². The van der Waals surface area contributed by atoms with Gasteiger partial charge in [0, 0.05) is 11.8 Å². The summed E-state index contributed by atoms with van der Waals surface area (Å²) in [6.45, 7) is 22.0. The number of hydrogen-bond donors (Lipinski definition) is 1. The summed E-state index contributed by atoms with van der Waals surface area (Å²) in [5, 5.41) is 19.5. The molecule has 4 aliphatic carbocycles. The number of fused-ring (bicyclic) bond motifs is 5. The third-order valence-electron chi connectivity index (χ3n) is 14.2. The van der Waals surface area contributed by atoms with E-state index in [4.69, 9.17) is 9.47 Å². The number of allylic oxidation sites excluding steroid dienone is 1. The quantitative estimate of drug-likeness (QED) is 0.192. The average molecular weight is 626 g/mol. The number of nitrogens with zero attached hydrogens (tertiary/aromatic N) is 1. The van der Waals surface area contributed by atoms with Crippen LogP contribution in [-0.4, -0.2) is 36.7 Å². The number of hydrogen-bond acceptors (Lipinski definition) is 6. The van der Waals surface area contributed by atoms with E-state index in [1.54, 1.807) is 21.0 Å². The lowest BCUT2D eigenvalue weighted by Crippen LogP contribution is -2.65. The number of carbonyl (C=O) groups excluding carboxylic acids is 2. The molecule has 0 spiro atoms. The Morgan fingerprint density at radius 2 is 1.62 bits per heavy atom. The molecule has 4 aliphatic rings. The number of esters is 2. The first-order valence-corrected chi connectivity index (χ1v) is 17.2. The molecule has 4 saturated carbocycles. The first-order valence-electron chi connectivity index (χ1n) is 17.2. The van der Waals surface area contributed by atoms with Gasteiger partial charge in [-0.1, -0.05) is 60.6 Å². The second kappa shape index (κ2) is 12.0. The van der Waals surface area contributed by atoms with Gasteiger partial charge in [-0.15, -0.1) is 0 Å². The first kappa shape index (κ1) is 35.5. The number of methoxy groups -OCH3 is 1. The number of nitriles is 1. The molecule has 252 valence electrons. The van der Waals surface area contributed by atoms with Crippen LogP contribution in [0.15, 0.2) is 12.2 Å². The van der Waals surface area contributed by atoms with Crippen molar-refractivity contribution in [2.45, 2.75) is 126 Å². The van der Waals surface area contributed by atoms with Crippen LogP contribution in [0.1, 0.15) is 126 Å². The highest BCUT2D eigenvalue weighted by Gasteiger charge is 2.71. The van der Waals surface area contributed by atoms with Gasteiger partial charge in [0.25, 0.3) is 0 Å². The lowest BCUT2D eigenvalue weighted by molar-refractivity contribution is -0.232. The number of carboxylic acid groups (broad SMARTS) is 1. The van der Waals surface area contributed by atoms with E-state index < -0.39 is 16.8 Å². The van der Waals surface area contributed by atoms with Crippen LogP contribution in [0.25, 0.3) is 0 Å². The van der Waals surface area contributed by atoms with Gasteiger partial charge < -0.3 is 14.6 Å². The molecule has 0 aromatic heterocycles. The molecule has 1 N–H and O–H groups in total. The Labute approximate surface area is 271 Å². The number of aliphatic carboxylic acids is 1. The average Bonchev–Trinajstić information content (AvgIpc) is 3.32. The highest BCUT2D eigenvalue weighted by molar-refractivity contribution is 5.78. The van der Waals surface area contributed by atoms with Gasteiger partial charge in [-0.2, -0.15) is 5.26 Å². The molecule has 9 atom stereocenters. The van der Waals surface area contributed by atoms with E-state index in [1.807, 2.05) is 0 Å². The van der Waals surface area contributed by atoms with Crippen molar-refractivity contribution in [2.24, 2.45) is 62.1 Å². The van der Waals surface area contributed by atoms with E-state index in [0.29, 0.717) is 24.2 Å². The van der Waals surface area contributed by atoms with E-state index in [9.17, 15) is 24.8 Å². The highest BCUT2D eigenvalue weighted by Crippen LogP contribution is 2.76. The van der Waals surface area contributed by atoms with Crippen LogP contribution in [0.4, 0.5) is 0 Å². The zero-order valence-corrected chi connectivity index (χ0v) is 29.5. The summed E-state index contributed by atoms with van der Waals surface area (Å²) in [7, 11) is 1.54. The monoisotopic (exact) mass is 625 g/mol. The van der Waals surface area contributed by atoms with Crippen LogP contribution in [0.2, 0.25) is 0 Å². The predicted octanol–water partition coefficient (Wildman–Crippen LogP) is 8.37. The minimum atomic E-state index is -0.925. The van der Waals surface area contributed by atoms with Crippen molar-refractivity contribution >= 4 is 17.9 Å². The number of carbonyl (C=O) groups is 3. The third kappa shape index (κ3) is 5.75. The van der Waals surface area contributed by atoms with Crippen molar-refractivity contribution in [2.75, 3.05) is 13.7 Å². The Morgan fingerprint density at radius 1 is 0.956 bits per heavy atom. The van der Waals surface area contributed by atoms with Gasteiger partial charge in [0.05, 0.1) is 38.0 Å². The molecule has 5 unspecified atom stereocenters. The minimum absolute atomic E-state index is 0.00385. The molecule has 0 aliphatic heterocycles. The minimum Gasteiger partial charge on any atom is -0.481 e. The topological polar surface area (TPSA) is 114 Å². The largest absolute Gasteiger partial charge is 0.481 e. The van der Waals surface area contributed by atoms with Crippen LogP contribution in [0, 0.1) is 73.4 Å². The Bertz CT molecular complexity index is 1250. The van der Waals surface area contributed by atoms with Crippen molar-refractivity contribution in [3.8, 4) is 6.07 Å². The smallest absolute Gasteiger partial charge is 0.312 e. The molecule has 0 radical (unpaired) electrons. The summed E-state index contributed by atoms with van der Waals surface area (Å²) in [5.74, 6) is 0.119. The molecule has 0 aromatic rings. The van der Waals surface area contributed by atoms with E-state index in [2.05, 4.69) is 54.2 Å². The molecule has 0 aromatic carbocycles. The fourth-order valence-corrected chi connectivity index (χ4v) is 12.0. The fraction of sp³-hybridized carbons (Fsp3) is 0.842. The fourth-order valence-electron chi connectivity index (χ4n) is 12.0. The van der Waals surface area contributed by atoms with Gasteiger partial charge >= 0.3 is 17.9 Å². The molecule has 0 heterocycles. The maximum atomic E-state index is 13.5. The molecule has 0 amide bonds. The number of rotatable bonds is 10. The summed E-state index contributed by atoms with van der Waals surface area (Å²) < 4.78 is 11.4. The normalized spacial score (nSPS) is 39.4. The molecule has 4 rings (SSSR count). The van der Waals surface area contributed by atoms with Crippen molar-refractivity contribution in [1.82, 2.24) is 0 Å². The molecule has 7 nitrogen and oxygen atoms in total. The molecule has 0 saturated heterocycles. The summed E-state index contributed by atoms with van der Waals surface area (Å²) >= 11 is 0. The Hall–Kier alpha value is -2.36. The van der Waals surface area contributed by atoms with Crippen LogP contribution in [0.5, 0.6) is 0 Å². The maximum Gasteiger partial charge on any atom is 0.312 e. The summed E-state index contributed by atoms with van der Waals surface area (Å²) in [5.41, 5.74) is -0.543. The number of ether oxygens (including phenoxy) is 2. The Morgan fingerprint density at radius 3 is 2.20 bits per heavy atom. The number of carboxylic acids is 1. The van der Waals surface area contributed by atoms with Crippen molar-refractivity contribution in [1.29, 1.82) is 5.26 Å². The van der Waals surface area contributed by atoms with Gasteiger partial charge in [-0.25, -0.2) is 0 Å². The van der Waals surface area contributed by atoms with Gasteiger partial charge in [0.2, 0.25) is 0 Å². The Balaban J connectivity index is 1.63. The third-order valence-corrected chi connectivity index (χ3v) is 14.2. The van der Waals surface area contributed by atoms with E-state index in [-0.39, 0.29) is 64.9 Å². The SMILES string of the molecule is C=C(C)[C@@H]1CCC2(C(=O)OC)CC[C@]3(C)C(CCC4[C@@](C)(CC#N)C(C(C)(C)COC(=O)CC(C)(C)CC(=O)O)CC[C@]43C)C12. The summed E-state index contributed by atoms with van der Waals surface area (Å²) in [6, 6.07) is 2.58. The van der Waals surface area contributed by atoms with Gasteiger partial charge in [-0.05, 0) is 110 Å². The second-order valence-electron chi connectivity index (χ2n) is 17.7. The summed E-state index contributed by atoms with van der Waals surface area (Å²) in [4.78, 5) is 37.7. The highest BCUT2D eigenvalue weighted by atomic mass is 16.5. The second-order valence-corrected chi connectivity index (χ2v) is 17.7. The molecule has 4 fully saturated rings. The van der Waals surface area contributed by atoms with Crippen molar-refractivity contribution in [3.05, 3.63) is 12.2 Å². The summed E-state index contributed by atoms with van der Waals surface area (Å²) in [6.07, 6.45) is 8.15. The molecule has 7 heteroatoms. The predicted molar refractivity (Wildman–Crippen MR) is 174 cm³/mol.